The van der Waals surface area contributed by atoms with Gasteiger partial charge in [-0.1, -0.05) is 247 Å². The summed E-state index contributed by atoms with van der Waals surface area (Å²) in [6, 6.07) is 0. The van der Waals surface area contributed by atoms with Crippen LogP contribution in [0.4, 0.5) is 0 Å². The number of carboxylic acids is 1. The largest absolute Gasteiger partial charge is 0.545 e. The molecule has 76 heavy (non-hydrogen) atoms. The molecule has 2 unspecified atom stereocenters. The molecule has 0 bridgehead atoms. The lowest BCUT2D eigenvalue weighted by Gasteiger charge is -2.26. The quantitative estimate of drug-likeness (QED) is 0.0195. The Morgan fingerprint density at radius 3 is 1.13 bits per heavy atom. The minimum absolute atomic E-state index is 0.145. The van der Waals surface area contributed by atoms with E-state index in [0.717, 1.165) is 96.3 Å². The van der Waals surface area contributed by atoms with Crippen molar-refractivity contribution in [2.45, 2.75) is 277 Å². The molecule has 0 aromatic heterocycles. The zero-order chi connectivity index (χ0) is 55.5. The number of aliphatic carboxylic acids is 1. The normalized spacial score (nSPS) is 13.3. The SMILES string of the molecule is CC/C=C\C/C=C\C/C=C\C/C=C\C/C=C\C/C=C\CCCCCCCCCCCCCCCCCCC(=O)OC(COC(=O)CCCCCCC/C=C\CCCCCCCCC)COC(OCC[N+](C)(C)C)C(=O)[O-]. The first kappa shape index (κ1) is 72.5. The topological polar surface area (TPSA) is 111 Å². The maximum atomic E-state index is 12.9. The lowest BCUT2D eigenvalue weighted by atomic mass is 10.0. The van der Waals surface area contributed by atoms with Crippen molar-refractivity contribution in [1.82, 2.24) is 0 Å². The molecule has 0 saturated heterocycles. The molecular weight excluding hydrogens is 947 g/mol. The van der Waals surface area contributed by atoms with Crippen LogP contribution in [0.15, 0.2) is 85.1 Å². The van der Waals surface area contributed by atoms with Crippen molar-refractivity contribution in [2.24, 2.45) is 0 Å². The number of carbonyl (C=O) groups excluding carboxylic acids is 3. The molecule has 0 amide bonds. The van der Waals surface area contributed by atoms with Crippen LogP contribution >= 0.6 is 0 Å². The van der Waals surface area contributed by atoms with E-state index in [9.17, 15) is 19.5 Å². The van der Waals surface area contributed by atoms with E-state index < -0.39 is 24.3 Å². The predicted octanol–water partition coefficient (Wildman–Crippen LogP) is 17.4. The zero-order valence-corrected chi connectivity index (χ0v) is 49.9. The molecule has 0 spiro atoms. The molecule has 0 radical (unpaired) electrons. The molecule has 0 aliphatic rings. The summed E-state index contributed by atoms with van der Waals surface area (Å²) >= 11 is 0. The van der Waals surface area contributed by atoms with Crippen LogP contribution in [0.5, 0.6) is 0 Å². The monoisotopic (exact) mass is 1060 g/mol. The van der Waals surface area contributed by atoms with Crippen LogP contribution in [0.3, 0.4) is 0 Å². The second kappa shape index (κ2) is 57.6. The average molecular weight is 1060 g/mol. The molecule has 0 N–H and O–H groups in total. The first-order valence-corrected chi connectivity index (χ1v) is 31.2. The number of rotatable bonds is 57. The Bertz CT molecular complexity index is 1520. The van der Waals surface area contributed by atoms with Crippen molar-refractivity contribution in [3.05, 3.63) is 85.1 Å². The highest BCUT2D eigenvalue weighted by Crippen LogP contribution is 2.16. The van der Waals surface area contributed by atoms with E-state index in [4.69, 9.17) is 18.9 Å². The van der Waals surface area contributed by atoms with Crippen molar-refractivity contribution in [3.63, 3.8) is 0 Å². The molecule has 0 aliphatic heterocycles. The number of allylic oxidation sites excluding steroid dienone is 14. The summed E-state index contributed by atoms with van der Waals surface area (Å²) in [5.41, 5.74) is 0. The van der Waals surface area contributed by atoms with Gasteiger partial charge in [-0.05, 0) is 89.9 Å². The average Bonchev–Trinajstić information content (AvgIpc) is 3.39. The Labute approximate surface area is 468 Å². The lowest BCUT2D eigenvalue weighted by molar-refractivity contribution is -0.870. The molecule has 438 valence electrons. The highest BCUT2D eigenvalue weighted by atomic mass is 16.7. The maximum Gasteiger partial charge on any atom is 0.306 e. The summed E-state index contributed by atoms with van der Waals surface area (Å²) < 4.78 is 22.7. The molecule has 0 heterocycles. The van der Waals surface area contributed by atoms with Crippen molar-refractivity contribution in [1.29, 1.82) is 0 Å². The number of likely N-dealkylation sites (N-methyl/N-ethyl adjacent to an activating group) is 1. The van der Waals surface area contributed by atoms with E-state index >= 15 is 0 Å². The molecule has 0 fully saturated rings. The van der Waals surface area contributed by atoms with Gasteiger partial charge in [-0.25, -0.2) is 0 Å². The molecule has 9 heteroatoms. The van der Waals surface area contributed by atoms with Crippen LogP contribution in [0.1, 0.15) is 264 Å². The van der Waals surface area contributed by atoms with Crippen molar-refractivity contribution >= 4 is 17.9 Å². The molecule has 0 saturated carbocycles. The first-order valence-electron chi connectivity index (χ1n) is 31.2. The number of carbonyl (C=O) groups is 3. The fraction of sp³-hybridized carbons (Fsp3) is 0.746. The zero-order valence-electron chi connectivity index (χ0n) is 49.9. The third kappa shape index (κ3) is 58.2. The van der Waals surface area contributed by atoms with Gasteiger partial charge in [-0.2, -0.15) is 0 Å². The van der Waals surface area contributed by atoms with Crippen LogP contribution < -0.4 is 5.11 Å². The number of nitrogens with zero attached hydrogens (tertiary/aromatic N) is 1. The summed E-state index contributed by atoms with van der Waals surface area (Å²) in [7, 11) is 5.92. The van der Waals surface area contributed by atoms with Gasteiger partial charge < -0.3 is 33.3 Å². The molecular formula is C67H117NO8. The van der Waals surface area contributed by atoms with E-state index in [1.165, 1.54) is 135 Å². The van der Waals surface area contributed by atoms with Crippen molar-refractivity contribution in [3.8, 4) is 0 Å². The highest BCUT2D eigenvalue weighted by molar-refractivity contribution is 5.70. The minimum Gasteiger partial charge on any atom is -0.545 e. The van der Waals surface area contributed by atoms with Gasteiger partial charge >= 0.3 is 11.9 Å². The van der Waals surface area contributed by atoms with Gasteiger partial charge in [0.2, 0.25) is 0 Å². The number of hydrogen-bond acceptors (Lipinski definition) is 8. The molecule has 0 rings (SSSR count). The summed E-state index contributed by atoms with van der Waals surface area (Å²) in [5.74, 6) is -2.29. The van der Waals surface area contributed by atoms with Crippen LogP contribution in [0, 0.1) is 0 Å². The number of ether oxygens (including phenoxy) is 4. The summed E-state index contributed by atoms with van der Waals surface area (Å²) in [6.07, 6.45) is 73.6. The van der Waals surface area contributed by atoms with Crippen LogP contribution in [-0.4, -0.2) is 82.3 Å². The van der Waals surface area contributed by atoms with Gasteiger partial charge in [0, 0.05) is 12.8 Å². The number of hydrogen-bond donors (Lipinski definition) is 0. The smallest absolute Gasteiger partial charge is 0.306 e. The minimum atomic E-state index is -1.62. The second-order valence-corrected chi connectivity index (χ2v) is 22.0. The van der Waals surface area contributed by atoms with E-state index in [1.807, 2.05) is 21.1 Å². The van der Waals surface area contributed by atoms with Crippen molar-refractivity contribution in [2.75, 3.05) is 47.5 Å². The Hall–Kier alpha value is -3.53. The Morgan fingerprint density at radius 2 is 0.750 bits per heavy atom. The first-order chi connectivity index (χ1) is 37.1. The summed E-state index contributed by atoms with van der Waals surface area (Å²) in [6.45, 7) is 4.64. The van der Waals surface area contributed by atoms with Gasteiger partial charge in [0.25, 0.3) is 0 Å². The van der Waals surface area contributed by atoms with E-state index in [-0.39, 0.29) is 38.6 Å². The third-order valence-corrected chi connectivity index (χ3v) is 13.4. The number of carboxylic acid groups (broad SMARTS) is 1. The Morgan fingerprint density at radius 1 is 0.408 bits per heavy atom. The predicted molar refractivity (Wildman–Crippen MR) is 320 cm³/mol. The van der Waals surface area contributed by atoms with E-state index in [2.05, 4.69) is 98.9 Å². The van der Waals surface area contributed by atoms with Gasteiger partial charge in [-0.3, -0.25) is 9.59 Å². The molecule has 9 nitrogen and oxygen atoms in total. The fourth-order valence-corrected chi connectivity index (χ4v) is 8.59. The fourth-order valence-electron chi connectivity index (χ4n) is 8.59. The number of unbranched alkanes of at least 4 members (excludes halogenated alkanes) is 28. The number of esters is 2. The van der Waals surface area contributed by atoms with E-state index in [0.29, 0.717) is 17.4 Å². The Balaban J connectivity index is 4.11. The Kier molecular flexibility index (Phi) is 55.0. The van der Waals surface area contributed by atoms with Crippen LogP contribution in [0.2, 0.25) is 0 Å². The third-order valence-electron chi connectivity index (χ3n) is 13.4. The standard InChI is InChI=1S/C67H117NO8/c1-6-8-10-12-14-16-18-20-22-24-25-26-27-28-29-30-31-32-33-34-35-36-37-38-39-40-41-42-44-46-48-50-52-54-56-58-65(70)76-63(62-75-67(66(71)72)73-60-59-68(3,4)5)61-74-64(69)57-55-53-51-49-47-45-43-23-21-19-17-15-13-11-9-7-2/h8,10,14,16,20,22-23,25-26,28-29,31-32,43,63,67H,6-7,9,11-13,15,17-19,21,24,27,30,33-42,44-62H2,1-5H3/b10-8-,16-14-,22-20-,26-25-,29-28-,32-31-,43-23-. The van der Waals surface area contributed by atoms with Crippen LogP contribution in [-0.2, 0) is 33.3 Å². The number of quaternary nitrogens is 1. The van der Waals surface area contributed by atoms with Gasteiger partial charge in [0.05, 0.1) is 40.3 Å². The lowest BCUT2D eigenvalue weighted by Crippen LogP contribution is -2.44. The molecule has 0 aliphatic carbocycles. The van der Waals surface area contributed by atoms with Crippen molar-refractivity contribution < 1.29 is 42.9 Å². The van der Waals surface area contributed by atoms with Crippen LogP contribution in [0.25, 0.3) is 0 Å². The highest BCUT2D eigenvalue weighted by Gasteiger charge is 2.22. The maximum absolute atomic E-state index is 12.9. The van der Waals surface area contributed by atoms with Gasteiger partial charge in [-0.15, -0.1) is 0 Å². The molecule has 0 aromatic carbocycles. The summed E-state index contributed by atoms with van der Waals surface area (Å²) in [5, 5.41) is 11.8. The van der Waals surface area contributed by atoms with Gasteiger partial charge in [0.15, 0.2) is 12.4 Å². The second-order valence-electron chi connectivity index (χ2n) is 22.0. The molecule has 0 aromatic rings. The van der Waals surface area contributed by atoms with Gasteiger partial charge in [0.1, 0.15) is 13.2 Å². The van der Waals surface area contributed by atoms with E-state index in [1.54, 1.807) is 0 Å². The molecule has 2 atom stereocenters. The summed E-state index contributed by atoms with van der Waals surface area (Å²) in [4.78, 5) is 37.3.